The fourth-order valence-electron chi connectivity index (χ4n) is 2.49. The summed E-state index contributed by atoms with van der Waals surface area (Å²) in [6, 6.07) is 7.84. The summed E-state index contributed by atoms with van der Waals surface area (Å²) in [5.74, 6) is 0.790. The number of nitrogens with zero attached hydrogens (tertiary/aromatic N) is 2. The fourth-order valence-corrected chi connectivity index (χ4v) is 2.65. The molecule has 4 nitrogen and oxygen atoms in total. The van der Waals surface area contributed by atoms with E-state index < -0.39 is 0 Å². The number of hydrogen-bond donors (Lipinski definition) is 1. The maximum Gasteiger partial charge on any atom is 0.125 e. The molecule has 0 bridgehead atoms. The van der Waals surface area contributed by atoms with Crippen LogP contribution in [-0.4, -0.2) is 23.4 Å². The highest BCUT2D eigenvalue weighted by molar-refractivity contribution is 6.30. The lowest BCUT2D eigenvalue weighted by atomic mass is 10.0. The molecule has 1 aromatic carbocycles. The van der Waals surface area contributed by atoms with Crippen molar-refractivity contribution in [1.29, 1.82) is 0 Å². The molecule has 0 aliphatic carbocycles. The minimum Gasteiger partial charge on any atom is -0.496 e. The molecule has 0 saturated carbocycles. The molecule has 114 valence electrons. The Labute approximate surface area is 131 Å². The average molecular weight is 308 g/mol. The molecule has 0 saturated heterocycles. The van der Waals surface area contributed by atoms with Gasteiger partial charge in [-0.1, -0.05) is 31.5 Å². The lowest BCUT2D eigenvalue weighted by Crippen LogP contribution is -2.25. The van der Waals surface area contributed by atoms with Gasteiger partial charge in [-0.25, -0.2) is 0 Å². The SMILES string of the molecule is CCCn1nccc1C(NCC)c1ccc(Cl)cc1OC. The third-order valence-corrected chi connectivity index (χ3v) is 3.63. The van der Waals surface area contributed by atoms with Crippen molar-refractivity contribution in [3.05, 3.63) is 46.7 Å². The van der Waals surface area contributed by atoms with Gasteiger partial charge in [0.25, 0.3) is 0 Å². The van der Waals surface area contributed by atoms with Crippen LogP contribution in [0.15, 0.2) is 30.5 Å². The molecule has 1 atom stereocenters. The van der Waals surface area contributed by atoms with Gasteiger partial charge in [0, 0.05) is 23.3 Å². The summed E-state index contributed by atoms with van der Waals surface area (Å²) in [6.45, 7) is 6.00. The molecule has 1 N–H and O–H groups in total. The number of hydrogen-bond acceptors (Lipinski definition) is 3. The van der Waals surface area contributed by atoms with Gasteiger partial charge in [-0.15, -0.1) is 0 Å². The van der Waals surface area contributed by atoms with Gasteiger partial charge in [0.2, 0.25) is 0 Å². The van der Waals surface area contributed by atoms with Crippen LogP contribution in [0.4, 0.5) is 0 Å². The smallest absolute Gasteiger partial charge is 0.125 e. The molecular weight excluding hydrogens is 286 g/mol. The summed E-state index contributed by atoms with van der Waals surface area (Å²) < 4.78 is 7.54. The van der Waals surface area contributed by atoms with E-state index in [1.807, 2.05) is 29.1 Å². The zero-order valence-electron chi connectivity index (χ0n) is 12.8. The van der Waals surface area contributed by atoms with Gasteiger partial charge in [-0.3, -0.25) is 4.68 Å². The van der Waals surface area contributed by atoms with E-state index in [0.717, 1.165) is 36.5 Å². The topological polar surface area (TPSA) is 39.1 Å². The van der Waals surface area contributed by atoms with Crippen LogP contribution < -0.4 is 10.1 Å². The van der Waals surface area contributed by atoms with Gasteiger partial charge >= 0.3 is 0 Å². The Bertz CT molecular complexity index is 583. The minimum absolute atomic E-state index is 0.0382. The predicted molar refractivity (Wildman–Crippen MR) is 86.0 cm³/mol. The van der Waals surface area contributed by atoms with E-state index in [9.17, 15) is 0 Å². The third kappa shape index (κ3) is 3.57. The van der Waals surface area contributed by atoms with Crippen LogP contribution in [0.2, 0.25) is 5.02 Å². The van der Waals surface area contributed by atoms with Crippen LogP contribution in [0.25, 0.3) is 0 Å². The molecule has 2 aromatic rings. The molecule has 0 aliphatic heterocycles. The van der Waals surface area contributed by atoms with Crippen molar-refractivity contribution in [3.8, 4) is 5.75 Å². The fraction of sp³-hybridized carbons (Fsp3) is 0.438. The highest BCUT2D eigenvalue weighted by Crippen LogP contribution is 2.32. The number of ether oxygens (including phenoxy) is 1. The monoisotopic (exact) mass is 307 g/mol. The van der Waals surface area contributed by atoms with E-state index in [-0.39, 0.29) is 6.04 Å². The molecule has 5 heteroatoms. The van der Waals surface area contributed by atoms with Crippen molar-refractivity contribution >= 4 is 11.6 Å². The Kier molecular flexibility index (Phi) is 5.65. The van der Waals surface area contributed by atoms with Gasteiger partial charge in [0.15, 0.2) is 0 Å². The molecule has 0 spiro atoms. The molecular formula is C16H22ClN3O. The Morgan fingerprint density at radius 3 is 2.81 bits per heavy atom. The second-order valence-corrected chi connectivity index (χ2v) is 5.29. The van der Waals surface area contributed by atoms with Crippen molar-refractivity contribution in [2.24, 2.45) is 0 Å². The Morgan fingerprint density at radius 1 is 1.33 bits per heavy atom. The Hall–Kier alpha value is -1.52. The first-order valence-corrected chi connectivity index (χ1v) is 7.67. The second kappa shape index (κ2) is 7.48. The quantitative estimate of drug-likeness (QED) is 0.848. The molecule has 21 heavy (non-hydrogen) atoms. The zero-order chi connectivity index (χ0) is 15.2. The van der Waals surface area contributed by atoms with Crippen molar-refractivity contribution in [1.82, 2.24) is 15.1 Å². The van der Waals surface area contributed by atoms with Crippen molar-refractivity contribution < 1.29 is 4.74 Å². The predicted octanol–water partition coefficient (Wildman–Crippen LogP) is 3.65. The van der Waals surface area contributed by atoms with Gasteiger partial charge in [-0.05, 0) is 31.2 Å². The number of aromatic nitrogens is 2. The molecule has 0 fully saturated rings. The minimum atomic E-state index is 0.0382. The van der Waals surface area contributed by atoms with Crippen LogP contribution in [0, 0.1) is 0 Å². The van der Waals surface area contributed by atoms with Crippen LogP contribution in [0.3, 0.4) is 0 Å². The standard InChI is InChI=1S/C16H22ClN3O/c1-4-10-20-14(8-9-19-20)16(18-5-2)13-7-6-12(17)11-15(13)21-3/h6-9,11,16,18H,4-5,10H2,1-3H3. The van der Waals surface area contributed by atoms with Gasteiger partial charge in [-0.2, -0.15) is 5.10 Å². The van der Waals surface area contributed by atoms with Crippen LogP contribution in [-0.2, 0) is 6.54 Å². The number of halogens is 1. The first kappa shape index (κ1) is 15.9. The van der Waals surface area contributed by atoms with Crippen molar-refractivity contribution in [2.75, 3.05) is 13.7 Å². The van der Waals surface area contributed by atoms with E-state index in [2.05, 4.69) is 30.3 Å². The summed E-state index contributed by atoms with van der Waals surface area (Å²) in [5, 5.41) is 8.60. The van der Waals surface area contributed by atoms with Gasteiger partial charge < -0.3 is 10.1 Å². The lowest BCUT2D eigenvalue weighted by Gasteiger charge is -2.22. The number of aryl methyl sites for hydroxylation is 1. The van der Waals surface area contributed by atoms with Crippen molar-refractivity contribution in [2.45, 2.75) is 32.9 Å². The largest absolute Gasteiger partial charge is 0.496 e. The number of nitrogens with one attached hydrogen (secondary N) is 1. The highest BCUT2D eigenvalue weighted by Gasteiger charge is 2.21. The van der Waals surface area contributed by atoms with E-state index in [0.29, 0.717) is 5.02 Å². The highest BCUT2D eigenvalue weighted by atomic mass is 35.5. The molecule has 0 radical (unpaired) electrons. The maximum absolute atomic E-state index is 6.07. The number of benzene rings is 1. The first-order valence-electron chi connectivity index (χ1n) is 7.29. The maximum atomic E-state index is 6.07. The summed E-state index contributed by atoms with van der Waals surface area (Å²) in [6.07, 6.45) is 2.89. The summed E-state index contributed by atoms with van der Waals surface area (Å²) in [7, 11) is 1.67. The number of rotatable bonds is 7. The van der Waals surface area contributed by atoms with Crippen LogP contribution in [0.5, 0.6) is 5.75 Å². The molecule has 1 unspecified atom stereocenters. The third-order valence-electron chi connectivity index (χ3n) is 3.40. The average Bonchev–Trinajstić information content (AvgIpc) is 2.93. The number of methoxy groups -OCH3 is 1. The molecule has 0 aliphatic rings. The summed E-state index contributed by atoms with van der Waals surface area (Å²) >= 11 is 6.07. The zero-order valence-corrected chi connectivity index (χ0v) is 13.5. The summed E-state index contributed by atoms with van der Waals surface area (Å²) in [5.41, 5.74) is 2.21. The Morgan fingerprint density at radius 2 is 2.14 bits per heavy atom. The van der Waals surface area contributed by atoms with Crippen LogP contribution >= 0.6 is 11.6 Å². The molecule has 2 rings (SSSR count). The van der Waals surface area contributed by atoms with Gasteiger partial charge in [0.1, 0.15) is 5.75 Å². The van der Waals surface area contributed by atoms with Crippen molar-refractivity contribution in [3.63, 3.8) is 0 Å². The van der Waals surface area contributed by atoms with Crippen LogP contribution in [0.1, 0.15) is 37.6 Å². The molecule has 1 heterocycles. The van der Waals surface area contributed by atoms with E-state index in [4.69, 9.17) is 16.3 Å². The molecule has 1 aromatic heterocycles. The van der Waals surface area contributed by atoms with E-state index >= 15 is 0 Å². The molecule has 0 amide bonds. The van der Waals surface area contributed by atoms with E-state index in [1.54, 1.807) is 7.11 Å². The lowest BCUT2D eigenvalue weighted by molar-refractivity contribution is 0.401. The normalized spacial score (nSPS) is 12.4. The first-order chi connectivity index (χ1) is 10.2. The van der Waals surface area contributed by atoms with Gasteiger partial charge in [0.05, 0.1) is 18.8 Å². The summed E-state index contributed by atoms with van der Waals surface area (Å²) in [4.78, 5) is 0. The second-order valence-electron chi connectivity index (χ2n) is 4.86. The van der Waals surface area contributed by atoms with E-state index in [1.165, 1.54) is 0 Å². The Balaban J connectivity index is 2.45.